The van der Waals surface area contributed by atoms with Gasteiger partial charge in [-0.2, -0.15) is 0 Å². The van der Waals surface area contributed by atoms with Crippen LogP contribution in [0.2, 0.25) is 5.02 Å². The summed E-state index contributed by atoms with van der Waals surface area (Å²) in [5, 5.41) is 15.1. The standard InChI is InChI=1S/C25H23ClN4O2/c1-29(2)17-10-7-15(8-11-17)19-14-27-24(16-9-12-20(26)22(13-16)30(31)32)25-23(19)18-5-3-4-6-21(18)28-25/h3-13,19,24,27-28H,14H2,1-2H3/p+1/t19-,24+/m0/s1. The van der Waals surface area contributed by atoms with E-state index in [9.17, 15) is 10.1 Å². The Balaban J connectivity index is 1.64. The molecular weight excluding hydrogens is 424 g/mol. The number of hydrogen-bond donors (Lipinski definition) is 2. The molecule has 4 aromatic rings. The van der Waals surface area contributed by atoms with Crippen molar-refractivity contribution in [1.82, 2.24) is 4.98 Å². The number of aromatic nitrogens is 1. The number of anilines is 1. The predicted molar refractivity (Wildman–Crippen MR) is 128 cm³/mol. The van der Waals surface area contributed by atoms with Crippen LogP contribution in [0.25, 0.3) is 10.9 Å². The van der Waals surface area contributed by atoms with Crippen LogP contribution in [-0.4, -0.2) is 30.5 Å². The van der Waals surface area contributed by atoms with Crippen LogP contribution in [0.3, 0.4) is 0 Å². The molecule has 0 fully saturated rings. The molecular formula is C25H24ClN4O2+. The van der Waals surface area contributed by atoms with Crippen molar-refractivity contribution in [2.45, 2.75) is 12.0 Å². The minimum atomic E-state index is -0.421. The Morgan fingerprint density at radius 1 is 1.06 bits per heavy atom. The highest BCUT2D eigenvalue weighted by Crippen LogP contribution is 2.40. The number of nitrogens with one attached hydrogen (secondary N) is 1. The van der Waals surface area contributed by atoms with E-state index in [2.05, 4.69) is 57.7 Å². The first kappa shape index (κ1) is 20.5. The van der Waals surface area contributed by atoms with E-state index in [-0.39, 0.29) is 22.7 Å². The third-order valence-corrected chi connectivity index (χ3v) is 6.70. The lowest BCUT2D eigenvalue weighted by Gasteiger charge is -2.28. The average molecular weight is 448 g/mol. The summed E-state index contributed by atoms with van der Waals surface area (Å²) in [7, 11) is 4.08. The Hall–Kier alpha value is -3.35. The Morgan fingerprint density at radius 2 is 1.78 bits per heavy atom. The highest BCUT2D eigenvalue weighted by Gasteiger charge is 2.36. The summed E-state index contributed by atoms with van der Waals surface area (Å²) in [6.07, 6.45) is 0. The summed E-state index contributed by atoms with van der Waals surface area (Å²) < 4.78 is 0. The average Bonchev–Trinajstić information content (AvgIpc) is 3.18. The third-order valence-electron chi connectivity index (χ3n) is 6.38. The quantitative estimate of drug-likeness (QED) is 0.354. The molecule has 2 heterocycles. The van der Waals surface area contributed by atoms with Crippen LogP contribution >= 0.6 is 11.6 Å². The van der Waals surface area contributed by atoms with Gasteiger partial charge in [0.1, 0.15) is 5.02 Å². The van der Waals surface area contributed by atoms with Crippen molar-refractivity contribution in [1.29, 1.82) is 0 Å². The summed E-state index contributed by atoms with van der Waals surface area (Å²) in [6.45, 7) is 0.844. The maximum Gasteiger partial charge on any atom is 0.288 e. The molecule has 0 unspecified atom stereocenters. The molecule has 2 atom stereocenters. The van der Waals surface area contributed by atoms with Gasteiger partial charge in [0.25, 0.3) is 5.69 Å². The van der Waals surface area contributed by atoms with Gasteiger partial charge in [0.15, 0.2) is 6.04 Å². The van der Waals surface area contributed by atoms with Crippen LogP contribution in [0, 0.1) is 10.1 Å². The number of halogens is 1. The molecule has 0 saturated heterocycles. The molecule has 0 amide bonds. The van der Waals surface area contributed by atoms with Crippen LogP contribution in [-0.2, 0) is 0 Å². The topological polar surface area (TPSA) is 78.8 Å². The summed E-state index contributed by atoms with van der Waals surface area (Å²) in [5.74, 6) is 0.218. The van der Waals surface area contributed by atoms with Gasteiger partial charge in [-0.25, -0.2) is 0 Å². The zero-order valence-electron chi connectivity index (χ0n) is 17.9. The Labute approximate surface area is 191 Å². The van der Waals surface area contributed by atoms with Gasteiger partial charge in [-0.3, -0.25) is 10.1 Å². The van der Waals surface area contributed by atoms with Crippen LogP contribution in [0.15, 0.2) is 66.7 Å². The van der Waals surface area contributed by atoms with Crippen molar-refractivity contribution >= 4 is 33.9 Å². The molecule has 1 aromatic heterocycles. The largest absolute Gasteiger partial charge is 0.378 e. The molecule has 5 rings (SSSR count). The SMILES string of the molecule is CN(C)c1ccc([C@@H]2C[NH2+][C@H](c3ccc(Cl)c([N+](=O)[O-])c3)c3[nH]c4ccccc4c32)cc1. The first-order chi connectivity index (χ1) is 15.4. The monoisotopic (exact) mass is 447 g/mol. The van der Waals surface area contributed by atoms with Gasteiger partial charge in [-0.15, -0.1) is 0 Å². The van der Waals surface area contributed by atoms with Crippen molar-refractivity contribution in [3.05, 3.63) is 104 Å². The fourth-order valence-electron chi connectivity index (χ4n) is 4.79. The number of para-hydroxylation sites is 1. The maximum absolute atomic E-state index is 11.5. The van der Waals surface area contributed by atoms with Gasteiger partial charge in [0.05, 0.1) is 23.1 Å². The number of nitrogens with two attached hydrogens (primary N) is 1. The van der Waals surface area contributed by atoms with Gasteiger partial charge in [-0.1, -0.05) is 48.0 Å². The lowest BCUT2D eigenvalue weighted by molar-refractivity contribution is -0.692. The van der Waals surface area contributed by atoms with E-state index in [0.717, 1.165) is 23.3 Å². The maximum atomic E-state index is 11.5. The van der Waals surface area contributed by atoms with Gasteiger partial charge < -0.3 is 15.2 Å². The molecule has 0 radical (unpaired) electrons. The number of nitro benzene ring substituents is 1. The number of rotatable bonds is 4. The van der Waals surface area contributed by atoms with E-state index in [1.54, 1.807) is 12.1 Å². The first-order valence-corrected chi connectivity index (χ1v) is 11.0. The first-order valence-electron chi connectivity index (χ1n) is 10.6. The third kappa shape index (κ3) is 3.42. The zero-order valence-corrected chi connectivity index (χ0v) is 18.6. The normalized spacial score (nSPS) is 17.8. The highest BCUT2D eigenvalue weighted by molar-refractivity contribution is 6.32. The molecule has 0 saturated carbocycles. The van der Waals surface area contributed by atoms with Crippen LogP contribution in [0.5, 0.6) is 0 Å². The lowest BCUT2D eigenvalue weighted by Crippen LogP contribution is -2.88. The van der Waals surface area contributed by atoms with Gasteiger partial charge in [0.2, 0.25) is 0 Å². The van der Waals surface area contributed by atoms with Crippen molar-refractivity contribution in [3.8, 4) is 0 Å². The molecule has 3 N–H and O–H groups in total. The van der Waals surface area contributed by atoms with Gasteiger partial charge in [0, 0.05) is 47.9 Å². The number of hydrogen-bond acceptors (Lipinski definition) is 3. The van der Waals surface area contributed by atoms with Crippen LogP contribution in [0.4, 0.5) is 11.4 Å². The minimum absolute atomic E-state index is 0.0587. The van der Waals surface area contributed by atoms with Crippen molar-refractivity contribution in [2.24, 2.45) is 0 Å². The smallest absolute Gasteiger partial charge is 0.288 e. The number of quaternary nitrogens is 1. The molecule has 1 aliphatic heterocycles. The number of aromatic amines is 1. The Bertz CT molecular complexity index is 1310. The molecule has 0 aliphatic carbocycles. The number of benzene rings is 3. The van der Waals surface area contributed by atoms with Crippen LogP contribution in [0.1, 0.15) is 34.3 Å². The zero-order chi connectivity index (χ0) is 22.4. The van der Waals surface area contributed by atoms with E-state index < -0.39 is 4.92 Å². The van der Waals surface area contributed by atoms with Crippen molar-refractivity contribution in [3.63, 3.8) is 0 Å². The van der Waals surface area contributed by atoms with E-state index >= 15 is 0 Å². The fourth-order valence-corrected chi connectivity index (χ4v) is 4.97. The van der Waals surface area contributed by atoms with E-state index in [0.29, 0.717) is 0 Å². The molecule has 162 valence electrons. The molecule has 6 nitrogen and oxygen atoms in total. The number of nitrogens with zero attached hydrogens (tertiary/aromatic N) is 2. The fraction of sp³-hybridized carbons (Fsp3) is 0.200. The predicted octanol–water partition coefficient (Wildman–Crippen LogP) is 4.59. The Morgan fingerprint density at radius 3 is 2.50 bits per heavy atom. The molecule has 3 aromatic carbocycles. The number of nitro groups is 1. The lowest BCUT2D eigenvalue weighted by atomic mass is 9.83. The number of H-pyrrole nitrogens is 1. The Kier molecular flexibility index (Phi) is 5.12. The molecule has 32 heavy (non-hydrogen) atoms. The highest BCUT2D eigenvalue weighted by atomic mass is 35.5. The summed E-state index contributed by atoms with van der Waals surface area (Å²) >= 11 is 6.07. The minimum Gasteiger partial charge on any atom is -0.378 e. The second-order valence-electron chi connectivity index (χ2n) is 8.45. The van der Waals surface area contributed by atoms with Gasteiger partial charge >= 0.3 is 0 Å². The van der Waals surface area contributed by atoms with E-state index in [1.807, 2.05) is 26.2 Å². The van der Waals surface area contributed by atoms with Gasteiger partial charge in [-0.05, 0) is 29.8 Å². The van der Waals surface area contributed by atoms with Crippen molar-refractivity contribution in [2.75, 3.05) is 25.5 Å². The van der Waals surface area contributed by atoms with Crippen molar-refractivity contribution < 1.29 is 10.2 Å². The summed E-state index contributed by atoms with van der Waals surface area (Å²) in [5.41, 5.74) is 6.68. The molecule has 1 aliphatic rings. The molecule has 7 heteroatoms. The van der Waals surface area contributed by atoms with Crippen LogP contribution < -0.4 is 10.2 Å². The molecule has 0 spiro atoms. The summed E-state index contributed by atoms with van der Waals surface area (Å²) in [6, 6.07) is 22.1. The van der Waals surface area contributed by atoms with E-state index in [4.69, 9.17) is 11.6 Å². The molecule has 0 bridgehead atoms. The summed E-state index contributed by atoms with van der Waals surface area (Å²) in [4.78, 5) is 16.7. The second kappa shape index (κ2) is 7.97. The number of fused-ring (bicyclic) bond motifs is 3. The van der Waals surface area contributed by atoms with E-state index in [1.165, 1.54) is 22.2 Å². The second-order valence-corrected chi connectivity index (χ2v) is 8.86.